The van der Waals surface area contributed by atoms with Crippen LogP contribution in [-0.2, 0) is 23.9 Å². The topological polar surface area (TPSA) is 131 Å². The summed E-state index contributed by atoms with van der Waals surface area (Å²) in [7, 11) is 0. The van der Waals surface area contributed by atoms with Gasteiger partial charge in [0.05, 0.1) is 11.7 Å². The van der Waals surface area contributed by atoms with Crippen LogP contribution in [0.4, 0.5) is 0 Å². The normalized spacial score (nSPS) is 18.0. The van der Waals surface area contributed by atoms with Crippen LogP contribution in [0.3, 0.4) is 0 Å². The van der Waals surface area contributed by atoms with Gasteiger partial charge in [-0.15, -0.1) is 0 Å². The predicted octanol–water partition coefficient (Wildman–Crippen LogP) is 4.26. The monoisotopic (exact) mass is 577 g/mol. The number of carbonyl (C=O) groups is 4. The Bertz CT molecular complexity index is 817. The maximum absolute atomic E-state index is 12.5. The number of hydrogen-bond donors (Lipinski definition) is 2. The van der Waals surface area contributed by atoms with E-state index in [-0.39, 0.29) is 35.4 Å². The molecule has 2 heterocycles. The SMILES string of the molecule is CCC(C)(C)C(C)NC(=O)[C@@H](NC=O)C1CCCCC1.CCOCC.Cc1cnccn1.O=CC1CCCN1C=O. The summed E-state index contributed by atoms with van der Waals surface area (Å²) in [6, 6.07) is -0.412. The highest BCUT2D eigenvalue weighted by Crippen LogP contribution is 2.28. The molecule has 10 nitrogen and oxygen atoms in total. The van der Waals surface area contributed by atoms with Crippen molar-refractivity contribution in [2.24, 2.45) is 11.3 Å². The Morgan fingerprint density at radius 1 is 1.07 bits per heavy atom. The average molecular weight is 578 g/mol. The number of hydrogen-bond acceptors (Lipinski definition) is 7. The molecule has 0 spiro atoms. The van der Waals surface area contributed by atoms with Crippen molar-refractivity contribution < 1.29 is 23.9 Å². The quantitative estimate of drug-likeness (QED) is 0.376. The van der Waals surface area contributed by atoms with E-state index in [1.54, 1.807) is 18.6 Å². The van der Waals surface area contributed by atoms with E-state index in [2.05, 4.69) is 41.4 Å². The Hall–Kier alpha value is -2.88. The summed E-state index contributed by atoms with van der Waals surface area (Å²) in [5.74, 6) is 0.254. The van der Waals surface area contributed by atoms with Crippen LogP contribution in [0.25, 0.3) is 0 Å². The highest BCUT2D eigenvalue weighted by molar-refractivity contribution is 5.84. The van der Waals surface area contributed by atoms with Gasteiger partial charge in [-0.2, -0.15) is 0 Å². The molecule has 1 aliphatic heterocycles. The van der Waals surface area contributed by atoms with Gasteiger partial charge in [-0.3, -0.25) is 24.4 Å². The minimum atomic E-state index is -0.372. The molecule has 0 radical (unpaired) electrons. The number of carbonyl (C=O) groups excluding carboxylic acids is 4. The van der Waals surface area contributed by atoms with E-state index in [9.17, 15) is 19.2 Å². The van der Waals surface area contributed by atoms with E-state index in [4.69, 9.17) is 4.74 Å². The standard InChI is InChI=1S/C16H30N2O2.C6H9NO2.C5H6N2.C4H10O/c1-5-16(3,4)12(2)18-15(20)14(17-11-19)13-9-7-6-8-10-13;8-4-6-2-1-3-7(6)5-9;1-5-4-6-2-3-7-5;1-3-5-4-2/h11-14H,5-10H2,1-4H3,(H,17,19)(H,18,20);4-6H,1-3H2;2-4H,1H3;3-4H2,1-2H3/t12?,14-;;;/m0.../s1. The van der Waals surface area contributed by atoms with Crippen LogP contribution in [0.5, 0.6) is 0 Å². The van der Waals surface area contributed by atoms with Gasteiger partial charge >= 0.3 is 0 Å². The highest BCUT2D eigenvalue weighted by Gasteiger charge is 2.32. The maximum atomic E-state index is 12.5. The van der Waals surface area contributed by atoms with E-state index in [0.717, 1.165) is 83.1 Å². The lowest BCUT2D eigenvalue weighted by atomic mass is 9.81. The van der Waals surface area contributed by atoms with Gasteiger partial charge in [-0.1, -0.05) is 40.0 Å². The maximum Gasteiger partial charge on any atom is 0.243 e. The Labute approximate surface area is 247 Å². The van der Waals surface area contributed by atoms with Gasteiger partial charge in [0, 0.05) is 44.4 Å². The molecular formula is C31H55N5O5. The van der Waals surface area contributed by atoms with E-state index < -0.39 is 0 Å². The van der Waals surface area contributed by atoms with E-state index in [1.807, 2.05) is 27.7 Å². The van der Waals surface area contributed by atoms with Crippen LogP contribution in [0.2, 0.25) is 0 Å². The number of nitrogens with one attached hydrogen (secondary N) is 2. The number of aryl methyl sites for hydroxylation is 1. The second kappa shape index (κ2) is 22.8. The molecule has 1 saturated carbocycles. The number of likely N-dealkylation sites (tertiary alicyclic amines) is 1. The largest absolute Gasteiger partial charge is 0.382 e. The second-order valence-corrected chi connectivity index (χ2v) is 11.0. The molecular weight excluding hydrogens is 522 g/mol. The molecule has 10 heteroatoms. The summed E-state index contributed by atoms with van der Waals surface area (Å²) in [6.45, 7) is 16.8. The lowest BCUT2D eigenvalue weighted by Gasteiger charge is -2.34. The Morgan fingerprint density at radius 3 is 2.12 bits per heavy atom. The molecule has 1 saturated heterocycles. The van der Waals surface area contributed by atoms with Crippen molar-refractivity contribution in [2.45, 2.75) is 118 Å². The van der Waals surface area contributed by atoms with Gasteiger partial charge < -0.3 is 25.1 Å². The molecule has 2 unspecified atom stereocenters. The minimum absolute atomic E-state index is 0.0296. The van der Waals surface area contributed by atoms with Gasteiger partial charge in [-0.25, -0.2) is 0 Å². The van der Waals surface area contributed by atoms with Crippen molar-refractivity contribution in [2.75, 3.05) is 19.8 Å². The molecule has 1 aromatic rings. The summed E-state index contributed by atoms with van der Waals surface area (Å²) < 4.78 is 4.83. The number of aromatic nitrogens is 2. The highest BCUT2D eigenvalue weighted by atomic mass is 16.5. The third kappa shape index (κ3) is 16.2. The van der Waals surface area contributed by atoms with Crippen molar-refractivity contribution in [1.82, 2.24) is 25.5 Å². The van der Waals surface area contributed by atoms with E-state index in [1.165, 1.54) is 11.3 Å². The summed E-state index contributed by atoms with van der Waals surface area (Å²) in [5.41, 5.74) is 1.02. The molecule has 0 aromatic carbocycles. The number of aldehydes is 1. The Kier molecular flexibility index (Phi) is 21.2. The van der Waals surface area contributed by atoms with Crippen LogP contribution in [0.1, 0.15) is 98.6 Å². The first-order valence-corrected chi connectivity index (χ1v) is 15.1. The van der Waals surface area contributed by atoms with E-state index >= 15 is 0 Å². The summed E-state index contributed by atoms with van der Waals surface area (Å²) in [6.07, 6.45) is 15.7. The van der Waals surface area contributed by atoms with Crippen LogP contribution >= 0.6 is 0 Å². The summed E-state index contributed by atoms with van der Waals surface area (Å²) in [4.78, 5) is 52.9. The van der Waals surface area contributed by atoms with Crippen LogP contribution in [0, 0.1) is 18.3 Å². The van der Waals surface area contributed by atoms with Gasteiger partial charge in [0.25, 0.3) is 0 Å². The second-order valence-electron chi connectivity index (χ2n) is 11.0. The first kappa shape index (κ1) is 38.1. The van der Waals surface area contributed by atoms with E-state index in [0.29, 0.717) is 6.41 Å². The van der Waals surface area contributed by atoms with Crippen LogP contribution < -0.4 is 10.6 Å². The van der Waals surface area contributed by atoms with Crippen LogP contribution in [-0.4, -0.2) is 77.8 Å². The molecule has 234 valence electrons. The number of rotatable bonds is 11. The zero-order valence-corrected chi connectivity index (χ0v) is 26.4. The smallest absolute Gasteiger partial charge is 0.243 e. The van der Waals surface area contributed by atoms with Gasteiger partial charge in [-0.05, 0) is 71.1 Å². The third-order valence-electron chi connectivity index (χ3n) is 7.83. The Morgan fingerprint density at radius 2 is 1.73 bits per heavy atom. The first-order valence-electron chi connectivity index (χ1n) is 15.1. The third-order valence-corrected chi connectivity index (χ3v) is 7.83. The van der Waals surface area contributed by atoms with Crippen molar-refractivity contribution in [3.05, 3.63) is 24.3 Å². The fraction of sp³-hybridized carbons (Fsp3) is 0.742. The van der Waals surface area contributed by atoms with Gasteiger partial charge in [0.2, 0.25) is 18.7 Å². The zero-order valence-electron chi connectivity index (χ0n) is 26.4. The molecule has 2 N–H and O–H groups in total. The van der Waals surface area contributed by atoms with Crippen LogP contribution in [0.15, 0.2) is 18.6 Å². The molecule has 3 rings (SSSR count). The predicted molar refractivity (Wildman–Crippen MR) is 162 cm³/mol. The zero-order chi connectivity index (χ0) is 31.1. The van der Waals surface area contributed by atoms with Gasteiger partial charge in [0.1, 0.15) is 12.3 Å². The molecule has 0 bridgehead atoms. The fourth-order valence-electron chi connectivity index (χ4n) is 4.44. The van der Waals surface area contributed by atoms with Crippen molar-refractivity contribution in [1.29, 1.82) is 0 Å². The molecule has 2 fully saturated rings. The number of amides is 3. The number of ether oxygens (including phenoxy) is 1. The fourth-order valence-corrected chi connectivity index (χ4v) is 4.44. The summed E-state index contributed by atoms with van der Waals surface area (Å²) >= 11 is 0. The lowest BCUT2D eigenvalue weighted by Crippen LogP contribution is -2.53. The molecule has 1 aromatic heterocycles. The van der Waals surface area contributed by atoms with Gasteiger partial charge in [0.15, 0.2) is 0 Å². The summed E-state index contributed by atoms with van der Waals surface area (Å²) in [5, 5.41) is 5.83. The molecule has 3 atom stereocenters. The lowest BCUT2D eigenvalue weighted by molar-refractivity contribution is -0.128. The number of nitrogens with zero attached hydrogens (tertiary/aromatic N) is 3. The molecule has 2 aliphatic rings. The molecule has 3 amide bonds. The van der Waals surface area contributed by atoms with Crippen molar-refractivity contribution in [3.63, 3.8) is 0 Å². The minimum Gasteiger partial charge on any atom is -0.382 e. The van der Waals surface area contributed by atoms with Crippen molar-refractivity contribution >= 4 is 25.0 Å². The molecule has 1 aliphatic carbocycles. The molecule has 41 heavy (non-hydrogen) atoms. The first-order chi connectivity index (χ1) is 19.6. The van der Waals surface area contributed by atoms with Crippen molar-refractivity contribution in [3.8, 4) is 0 Å². The Balaban J connectivity index is 0.000000620. The average Bonchev–Trinajstić information content (AvgIpc) is 3.46.